The SMILES string of the molecule is CCCOc1ccc(C(F)(F)F)cc1NC(=O)C1CCCN(C(=O)c2ccc(C)cc2)C1. The predicted octanol–water partition coefficient (Wildman–Crippen LogP) is 5.29. The van der Waals surface area contributed by atoms with E-state index in [-0.39, 0.29) is 23.9 Å². The highest BCUT2D eigenvalue weighted by atomic mass is 19.4. The van der Waals surface area contributed by atoms with Gasteiger partial charge >= 0.3 is 6.18 Å². The summed E-state index contributed by atoms with van der Waals surface area (Å²) < 4.78 is 45.0. The molecular formula is C24H27F3N2O3. The van der Waals surface area contributed by atoms with Gasteiger partial charge in [0.15, 0.2) is 0 Å². The number of carbonyl (C=O) groups is 2. The van der Waals surface area contributed by atoms with E-state index in [4.69, 9.17) is 4.74 Å². The lowest BCUT2D eigenvalue weighted by atomic mass is 9.96. The van der Waals surface area contributed by atoms with Gasteiger partial charge in [-0.2, -0.15) is 13.2 Å². The van der Waals surface area contributed by atoms with Crippen LogP contribution in [0, 0.1) is 12.8 Å². The van der Waals surface area contributed by atoms with E-state index >= 15 is 0 Å². The lowest BCUT2D eigenvalue weighted by Crippen LogP contribution is -2.43. The first kappa shape index (κ1) is 23.6. The molecule has 1 aliphatic heterocycles. The van der Waals surface area contributed by atoms with E-state index in [1.165, 1.54) is 6.07 Å². The van der Waals surface area contributed by atoms with E-state index in [9.17, 15) is 22.8 Å². The minimum absolute atomic E-state index is 0.0136. The zero-order valence-electron chi connectivity index (χ0n) is 18.2. The van der Waals surface area contributed by atoms with Crippen LogP contribution in [-0.4, -0.2) is 36.4 Å². The van der Waals surface area contributed by atoms with Crippen molar-refractivity contribution in [1.29, 1.82) is 0 Å². The van der Waals surface area contributed by atoms with Crippen LogP contribution in [0.25, 0.3) is 0 Å². The fourth-order valence-electron chi connectivity index (χ4n) is 3.63. The summed E-state index contributed by atoms with van der Waals surface area (Å²) in [7, 11) is 0. The van der Waals surface area contributed by atoms with E-state index in [0.717, 1.165) is 17.7 Å². The third-order valence-electron chi connectivity index (χ3n) is 5.40. The molecule has 8 heteroatoms. The highest BCUT2D eigenvalue weighted by molar-refractivity contribution is 5.97. The molecule has 0 radical (unpaired) electrons. The first-order chi connectivity index (χ1) is 15.2. The van der Waals surface area contributed by atoms with Gasteiger partial charge in [0.25, 0.3) is 5.91 Å². The largest absolute Gasteiger partial charge is 0.491 e. The third kappa shape index (κ3) is 5.81. The van der Waals surface area contributed by atoms with Crippen molar-refractivity contribution in [3.8, 4) is 5.75 Å². The smallest absolute Gasteiger partial charge is 0.416 e. The Morgan fingerprint density at radius 2 is 1.88 bits per heavy atom. The van der Waals surface area contributed by atoms with Crippen LogP contribution >= 0.6 is 0 Å². The molecule has 1 atom stereocenters. The molecule has 1 aliphatic rings. The number of hydrogen-bond donors (Lipinski definition) is 1. The number of nitrogens with one attached hydrogen (secondary N) is 1. The zero-order chi connectivity index (χ0) is 23.3. The second-order valence-electron chi connectivity index (χ2n) is 8.00. The summed E-state index contributed by atoms with van der Waals surface area (Å²) in [5.74, 6) is -0.913. The van der Waals surface area contributed by atoms with Crippen LogP contribution in [-0.2, 0) is 11.0 Å². The second-order valence-corrected chi connectivity index (χ2v) is 8.00. The number of benzene rings is 2. The van der Waals surface area contributed by atoms with Crippen molar-refractivity contribution in [2.75, 3.05) is 25.0 Å². The summed E-state index contributed by atoms with van der Waals surface area (Å²) in [4.78, 5) is 27.4. The van der Waals surface area contributed by atoms with Gasteiger partial charge in [-0.15, -0.1) is 0 Å². The molecule has 2 aromatic carbocycles. The van der Waals surface area contributed by atoms with Gasteiger partial charge in [0.1, 0.15) is 5.75 Å². The van der Waals surface area contributed by atoms with Gasteiger partial charge in [0.2, 0.25) is 5.91 Å². The Hall–Kier alpha value is -3.03. The number of ether oxygens (including phenoxy) is 1. The number of carbonyl (C=O) groups excluding carboxylic acids is 2. The number of amides is 2. The molecule has 2 aromatic rings. The molecule has 0 bridgehead atoms. The molecule has 0 saturated carbocycles. The molecule has 32 heavy (non-hydrogen) atoms. The van der Waals surface area contributed by atoms with Gasteiger partial charge in [-0.1, -0.05) is 24.6 Å². The van der Waals surface area contributed by atoms with E-state index < -0.39 is 23.6 Å². The Labute approximate surface area is 185 Å². The molecular weight excluding hydrogens is 421 g/mol. The first-order valence-electron chi connectivity index (χ1n) is 10.7. The molecule has 1 N–H and O–H groups in total. The predicted molar refractivity (Wildman–Crippen MR) is 116 cm³/mol. The standard InChI is InChI=1S/C24H27F3N2O3/c1-3-13-32-21-11-10-19(24(25,26)27)14-20(21)28-22(30)18-5-4-12-29(15-18)23(31)17-8-6-16(2)7-9-17/h6-11,14,18H,3-5,12-13,15H2,1-2H3,(H,28,30). The van der Waals surface area contributed by atoms with Crippen LogP contribution in [0.1, 0.15) is 47.7 Å². The van der Waals surface area contributed by atoms with E-state index in [0.29, 0.717) is 38.0 Å². The summed E-state index contributed by atoms with van der Waals surface area (Å²) in [6.07, 6.45) is -2.68. The molecule has 2 amide bonds. The Morgan fingerprint density at radius 1 is 1.16 bits per heavy atom. The molecule has 1 unspecified atom stereocenters. The number of hydrogen-bond acceptors (Lipinski definition) is 3. The molecule has 0 spiro atoms. The summed E-state index contributed by atoms with van der Waals surface area (Å²) >= 11 is 0. The second kappa shape index (κ2) is 10.1. The number of aryl methyl sites for hydroxylation is 1. The molecule has 1 heterocycles. The van der Waals surface area contributed by atoms with Crippen LogP contribution in [0.5, 0.6) is 5.75 Å². The maximum Gasteiger partial charge on any atom is 0.416 e. The van der Waals surface area contributed by atoms with Gasteiger partial charge in [-0.3, -0.25) is 9.59 Å². The van der Waals surface area contributed by atoms with Gasteiger partial charge in [-0.05, 0) is 56.5 Å². The molecule has 3 rings (SSSR count). The topological polar surface area (TPSA) is 58.6 Å². The molecule has 0 aromatic heterocycles. The van der Waals surface area contributed by atoms with Gasteiger partial charge in [0.05, 0.1) is 23.8 Å². The molecule has 5 nitrogen and oxygen atoms in total. The fourth-order valence-corrected chi connectivity index (χ4v) is 3.63. The fraction of sp³-hybridized carbons (Fsp3) is 0.417. The van der Waals surface area contributed by atoms with Crippen molar-refractivity contribution in [3.63, 3.8) is 0 Å². The van der Waals surface area contributed by atoms with Gasteiger partial charge in [0, 0.05) is 18.7 Å². The Balaban J connectivity index is 1.74. The maximum absolute atomic E-state index is 13.2. The van der Waals surface area contributed by atoms with Crippen molar-refractivity contribution >= 4 is 17.5 Å². The number of likely N-dealkylation sites (tertiary alicyclic amines) is 1. The number of halogens is 3. The van der Waals surface area contributed by atoms with E-state index in [2.05, 4.69) is 5.32 Å². The average Bonchev–Trinajstić information content (AvgIpc) is 2.77. The number of nitrogens with zero attached hydrogens (tertiary/aromatic N) is 1. The Kier molecular flexibility index (Phi) is 7.43. The van der Waals surface area contributed by atoms with Crippen LogP contribution in [0.4, 0.5) is 18.9 Å². The quantitative estimate of drug-likeness (QED) is 0.653. The van der Waals surface area contributed by atoms with Gasteiger partial charge in [-0.25, -0.2) is 0 Å². The van der Waals surface area contributed by atoms with Crippen molar-refractivity contribution in [2.24, 2.45) is 5.92 Å². The molecule has 0 aliphatic carbocycles. The van der Waals surface area contributed by atoms with Crippen LogP contribution < -0.4 is 10.1 Å². The molecule has 1 fully saturated rings. The first-order valence-corrected chi connectivity index (χ1v) is 10.7. The highest BCUT2D eigenvalue weighted by Crippen LogP contribution is 2.35. The number of piperidine rings is 1. The van der Waals surface area contributed by atoms with Crippen molar-refractivity contribution in [2.45, 2.75) is 39.3 Å². The molecule has 1 saturated heterocycles. The number of alkyl halides is 3. The monoisotopic (exact) mass is 448 g/mol. The summed E-state index contributed by atoms with van der Waals surface area (Å²) in [6.45, 7) is 4.87. The van der Waals surface area contributed by atoms with Crippen LogP contribution in [0.3, 0.4) is 0 Å². The van der Waals surface area contributed by atoms with Crippen LogP contribution in [0.2, 0.25) is 0 Å². The normalized spacial score (nSPS) is 16.5. The lowest BCUT2D eigenvalue weighted by molar-refractivity contribution is -0.137. The summed E-state index contributed by atoms with van der Waals surface area (Å²) in [5, 5.41) is 2.61. The van der Waals surface area contributed by atoms with Crippen molar-refractivity contribution in [3.05, 3.63) is 59.2 Å². The van der Waals surface area contributed by atoms with Crippen molar-refractivity contribution in [1.82, 2.24) is 4.90 Å². The Bertz CT molecular complexity index is 958. The van der Waals surface area contributed by atoms with Crippen molar-refractivity contribution < 1.29 is 27.5 Å². The third-order valence-corrected chi connectivity index (χ3v) is 5.40. The minimum atomic E-state index is -4.54. The zero-order valence-corrected chi connectivity index (χ0v) is 18.2. The number of rotatable bonds is 6. The van der Waals surface area contributed by atoms with E-state index in [1.807, 2.05) is 26.0 Å². The number of anilines is 1. The molecule has 172 valence electrons. The Morgan fingerprint density at radius 3 is 2.53 bits per heavy atom. The maximum atomic E-state index is 13.2. The summed E-state index contributed by atoms with van der Waals surface area (Å²) in [6, 6.07) is 10.3. The highest BCUT2D eigenvalue weighted by Gasteiger charge is 2.33. The average molecular weight is 448 g/mol. The lowest BCUT2D eigenvalue weighted by Gasteiger charge is -2.32. The summed E-state index contributed by atoms with van der Waals surface area (Å²) in [5.41, 5.74) is 0.709. The van der Waals surface area contributed by atoms with Gasteiger partial charge < -0.3 is 15.0 Å². The van der Waals surface area contributed by atoms with E-state index in [1.54, 1.807) is 17.0 Å². The minimum Gasteiger partial charge on any atom is -0.491 e. The van der Waals surface area contributed by atoms with Crippen LogP contribution in [0.15, 0.2) is 42.5 Å².